The summed E-state index contributed by atoms with van der Waals surface area (Å²) in [7, 11) is 0. The average molecular weight is 390 g/mol. The second-order valence-electron chi connectivity index (χ2n) is 6.83. The van der Waals surface area contributed by atoms with Crippen LogP contribution in [-0.4, -0.2) is 28.0 Å². The van der Waals surface area contributed by atoms with Gasteiger partial charge in [-0.05, 0) is 62.9 Å². The zero-order valence-electron chi connectivity index (χ0n) is 16.5. The van der Waals surface area contributed by atoms with Crippen molar-refractivity contribution in [1.82, 2.24) is 10.2 Å². The van der Waals surface area contributed by atoms with Crippen molar-refractivity contribution < 1.29 is 18.6 Å². The van der Waals surface area contributed by atoms with Crippen molar-refractivity contribution in [2.24, 2.45) is 0 Å². The molecule has 1 aromatic carbocycles. The highest BCUT2D eigenvalue weighted by atomic mass is 19.2. The Morgan fingerprint density at radius 2 is 1.89 bits per heavy atom. The smallest absolute Gasteiger partial charge is 0.201 e. The molecule has 0 saturated carbocycles. The number of rotatable bonds is 11. The number of hydrogen-bond donors (Lipinski definition) is 1. The van der Waals surface area contributed by atoms with E-state index in [-0.39, 0.29) is 17.4 Å². The predicted octanol–water partition coefficient (Wildman–Crippen LogP) is 5.91. The van der Waals surface area contributed by atoms with Gasteiger partial charge in [0.2, 0.25) is 5.82 Å². The van der Waals surface area contributed by atoms with E-state index in [4.69, 9.17) is 4.74 Å². The van der Waals surface area contributed by atoms with E-state index < -0.39 is 17.4 Å². The summed E-state index contributed by atoms with van der Waals surface area (Å²) in [6, 6.07) is 5.65. The summed E-state index contributed by atoms with van der Waals surface area (Å²) in [5.41, 5.74) is 0.820. The maximum Gasteiger partial charge on any atom is 0.201 e. The minimum absolute atomic E-state index is 0.0359. The summed E-state index contributed by atoms with van der Waals surface area (Å²) in [6.07, 6.45) is 10.6. The number of phenols is 1. The summed E-state index contributed by atoms with van der Waals surface area (Å²) >= 11 is 0. The third kappa shape index (κ3) is 6.68. The minimum Gasteiger partial charge on any atom is -0.505 e. The van der Waals surface area contributed by atoms with Gasteiger partial charge in [-0.3, -0.25) is 0 Å². The molecule has 0 fully saturated rings. The summed E-state index contributed by atoms with van der Waals surface area (Å²) < 4.78 is 33.1. The van der Waals surface area contributed by atoms with Crippen molar-refractivity contribution in [2.45, 2.75) is 58.5 Å². The predicted molar refractivity (Wildman–Crippen MR) is 107 cm³/mol. The quantitative estimate of drug-likeness (QED) is 0.485. The van der Waals surface area contributed by atoms with Crippen LogP contribution in [0.2, 0.25) is 0 Å². The molecule has 1 heterocycles. The van der Waals surface area contributed by atoms with Gasteiger partial charge < -0.3 is 9.84 Å². The van der Waals surface area contributed by atoms with E-state index in [2.05, 4.69) is 24.0 Å². The Kier molecular flexibility index (Phi) is 9.01. The lowest BCUT2D eigenvalue weighted by Gasteiger charge is -2.11. The van der Waals surface area contributed by atoms with E-state index >= 15 is 0 Å². The van der Waals surface area contributed by atoms with Gasteiger partial charge >= 0.3 is 0 Å². The molecule has 0 radical (unpaired) electrons. The molecular weight excluding hydrogens is 362 g/mol. The molecule has 0 amide bonds. The second-order valence-corrected chi connectivity index (χ2v) is 6.83. The van der Waals surface area contributed by atoms with Crippen LogP contribution in [0.1, 0.15) is 58.1 Å². The number of benzene rings is 1. The molecule has 6 heteroatoms. The third-order valence-corrected chi connectivity index (χ3v) is 4.44. The Morgan fingerprint density at radius 1 is 1.07 bits per heavy atom. The molecule has 152 valence electrons. The SMILES string of the molecule is CCCCCOC(C)CCCC=Cc1ccc(-c2ccc(O)c(F)c2F)nn1. The molecule has 0 aliphatic carbocycles. The van der Waals surface area contributed by atoms with Crippen molar-refractivity contribution in [1.29, 1.82) is 0 Å². The number of nitrogens with zero attached hydrogens (tertiary/aromatic N) is 2. The van der Waals surface area contributed by atoms with Crippen molar-refractivity contribution in [2.75, 3.05) is 6.61 Å². The highest BCUT2D eigenvalue weighted by Gasteiger charge is 2.15. The lowest BCUT2D eigenvalue weighted by atomic mass is 10.1. The number of hydrogen-bond acceptors (Lipinski definition) is 4. The normalized spacial score (nSPS) is 12.6. The van der Waals surface area contributed by atoms with Gasteiger partial charge in [0.15, 0.2) is 11.6 Å². The highest BCUT2D eigenvalue weighted by Crippen LogP contribution is 2.27. The van der Waals surface area contributed by atoms with Gasteiger partial charge in [0.05, 0.1) is 17.5 Å². The van der Waals surface area contributed by atoms with Gasteiger partial charge in [-0.25, -0.2) is 4.39 Å². The lowest BCUT2D eigenvalue weighted by molar-refractivity contribution is 0.0566. The maximum absolute atomic E-state index is 13.9. The van der Waals surface area contributed by atoms with Crippen LogP contribution in [-0.2, 0) is 4.74 Å². The Morgan fingerprint density at radius 3 is 2.61 bits per heavy atom. The van der Waals surface area contributed by atoms with Gasteiger partial charge in [-0.15, -0.1) is 5.10 Å². The molecule has 1 N–H and O–H groups in total. The van der Waals surface area contributed by atoms with E-state index in [1.54, 1.807) is 12.1 Å². The van der Waals surface area contributed by atoms with Crippen LogP contribution >= 0.6 is 0 Å². The van der Waals surface area contributed by atoms with E-state index in [0.717, 1.165) is 38.4 Å². The summed E-state index contributed by atoms with van der Waals surface area (Å²) in [6.45, 7) is 5.11. The first-order valence-corrected chi connectivity index (χ1v) is 9.82. The first kappa shape index (κ1) is 22.0. The number of aromatic nitrogens is 2. The summed E-state index contributed by atoms with van der Waals surface area (Å²) in [5, 5.41) is 17.2. The second kappa shape index (κ2) is 11.5. The largest absolute Gasteiger partial charge is 0.505 e. The van der Waals surface area contributed by atoms with Gasteiger partial charge in [-0.2, -0.15) is 9.49 Å². The zero-order chi connectivity index (χ0) is 20.4. The molecule has 28 heavy (non-hydrogen) atoms. The fourth-order valence-electron chi connectivity index (χ4n) is 2.76. The Hall–Kier alpha value is -2.34. The average Bonchev–Trinajstić information content (AvgIpc) is 2.70. The highest BCUT2D eigenvalue weighted by molar-refractivity contribution is 5.61. The summed E-state index contributed by atoms with van der Waals surface area (Å²) in [4.78, 5) is 0. The molecule has 2 rings (SSSR count). The molecule has 0 aliphatic heterocycles. The number of aromatic hydroxyl groups is 1. The van der Waals surface area contributed by atoms with E-state index in [9.17, 15) is 13.9 Å². The molecule has 0 aliphatic rings. The number of halogens is 2. The maximum atomic E-state index is 13.9. The molecule has 0 spiro atoms. The lowest BCUT2D eigenvalue weighted by Crippen LogP contribution is -2.08. The number of allylic oxidation sites excluding steroid dienone is 1. The van der Waals surface area contributed by atoms with Crippen LogP contribution in [0.5, 0.6) is 5.75 Å². The van der Waals surface area contributed by atoms with E-state index in [1.165, 1.54) is 18.9 Å². The Bertz CT molecular complexity index is 764. The van der Waals surface area contributed by atoms with Crippen LogP contribution in [0.4, 0.5) is 8.78 Å². The van der Waals surface area contributed by atoms with Crippen molar-refractivity contribution in [3.05, 3.63) is 47.7 Å². The molecule has 1 aromatic heterocycles. The van der Waals surface area contributed by atoms with Gasteiger partial charge in [0, 0.05) is 12.2 Å². The van der Waals surface area contributed by atoms with Crippen LogP contribution in [0, 0.1) is 11.6 Å². The number of unbranched alkanes of at least 4 members (excludes halogenated alkanes) is 3. The third-order valence-electron chi connectivity index (χ3n) is 4.44. The Labute approximate surface area is 165 Å². The van der Waals surface area contributed by atoms with Crippen molar-refractivity contribution >= 4 is 6.08 Å². The van der Waals surface area contributed by atoms with Gasteiger partial charge in [0.25, 0.3) is 0 Å². The monoisotopic (exact) mass is 390 g/mol. The number of phenolic OH excluding ortho intramolecular Hbond substituents is 1. The van der Waals surface area contributed by atoms with Crippen LogP contribution in [0.25, 0.3) is 17.3 Å². The van der Waals surface area contributed by atoms with E-state index in [0.29, 0.717) is 5.69 Å². The minimum atomic E-state index is -1.29. The fourth-order valence-corrected chi connectivity index (χ4v) is 2.76. The molecule has 0 bridgehead atoms. The van der Waals surface area contributed by atoms with Crippen molar-refractivity contribution in [3.8, 4) is 17.0 Å². The first-order valence-electron chi connectivity index (χ1n) is 9.82. The van der Waals surface area contributed by atoms with Gasteiger partial charge in [0.1, 0.15) is 0 Å². The molecule has 2 aromatic rings. The Balaban J connectivity index is 1.79. The van der Waals surface area contributed by atoms with Crippen LogP contribution in [0.3, 0.4) is 0 Å². The molecule has 0 saturated heterocycles. The van der Waals surface area contributed by atoms with Crippen molar-refractivity contribution in [3.63, 3.8) is 0 Å². The number of ether oxygens (including phenoxy) is 1. The zero-order valence-corrected chi connectivity index (χ0v) is 16.5. The van der Waals surface area contributed by atoms with E-state index in [1.807, 2.05) is 12.2 Å². The van der Waals surface area contributed by atoms with Crippen LogP contribution < -0.4 is 0 Å². The molecule has 1 unspecified atom stereocenters. The molecule has 4 nitrogen and oxygen atoms in total. The molecule has 1 atom stereocenters. The van der Waals surface area contributed by atoms with Gasteiger partial charge in [-0.1, -0.05) is 25.8 Å². The first-order chi connectivity index (χ1) is 13.5. The standard InChI is InChI=1S/C22H28F2N2O2/c1-3-4-8-15-28-16(2)9-6-5-7-10-17-11-13-19(26-25-17)18-12-14-20(27)22(24)21(18)23/h7,10-14,16,27H,3-6,8-9,15H2,1-2H3. The topological polar surface area (TPSA) is 55.2 Å². The van der Waals surface area contributed by atoms with Crippen LogP contribution in [0.15, 0.2) is 30.3 Å². The molecular formula is C22H28F2N2O2. The summed E-state index contributed by atoms with van der Waals surface area (Å²) in [5.74, 6) is -3.15. The fraction of sp³-hybridized carbons (Fsp3) is 0.455.